The van der Waals surface area contributed by atoms with Crippen LogP contribution in [0.3, 0.4) is 0 Å². The topological polar surface area (TPSA) is 0 Å². The van der Waals surface area contributed by atoms with Crippen molar-refractivity contribution in [1.29, 1.82) is 0 Å². The molecule has 12 aromatic carbocycles. The van der Waals surface area contributed by atoms with Gasteiger partial charge in [0.1, 0.15) is 0 Å². The third-order valence-electron chi connectivity index (χ3n) is 14.2. The van der Waals surface area contributed by atoms with E-state index < -0.39 is 0 Å². The standard InChI is InChI=1S/C28H20.C14H12.C14H9.C14H8.6Rf/c1-5-13-23-19(9-1)17-20-10-2-6-14-24(20)27(23)28-25-15-7-3-11-21(25)18-22-12-4-8-16-26(22)28;3*1-2-6-12-10-14-8-4-3-7-13(14)9-11(12)5-1;;;;;;/h1-18,27-28H;1-8H,9-10H2;1-9H;1-8H;;;;;;/q-2;;-1;-2;;;;;;. The number of fused-ring (bicyclic) bond motifs is 10. The summed E-state index contributed by atoms with van der Waals surface area (Å²) in [4.78, 5) is 0. The molecule has 346 valence electrons. The predicted octanol–water partition coefficient (Wildman–Crippen LogP) is 17.0. The SMILES string of the molecule is [Rf].[Rf].[Rf].[Rf].[Rf].[Rf].[c-]1c2ccccc2[c-]c2ccccc12.[c-]1c2ccccc2cc2ccccc12.c1ccc2c(c1)Cc1ccccc1C2.c1ccc2c(c1)[CH-]c1ccccc1C2C1c2ccccc2[CH-]c2ccccc21. The summed E-state index contributed by atoms with van der Waals surface area (Å²) in [6.45, 7) is 0. The van der Waals surface area contributed by atoms with Gasteiger partial charge >= 0.3 is 0 Å². The summed E-state index contributed by atoms with van der Waals surface area (Å²) in [5.41, 5.74) is 17.1. The van der Waals surface area contributed by atoms with Crippen LogP contribution in [0.5, 0.6) is 0 Å². The van der Waals surface area contributed by atoms with Gasteiger partial charge in [0.25, 0.3) is 0 Å². The van der Waals surface area contributed by atoms with Crippen molar-refractivity contribution in [2.45, 2.75) is 24.7 Å². The van der Waals surface area contributed by atoms with E-state index in [0.29, 0.717) is 11.8 Å². The van der Waals surface area contributed by atoms with Crippen LogP contribution in [0.4, 0.5) is 0 Å². The maximum atomic E-state index is 3.41. The molecule has 0 spiro atoms. The minimum Gasteiger partial charge on any atom is -0.199 e. The van der Waals surface area contributed by atoms with Crippen LogP contribution in [-0.2, 0) is 12.8 Å². The van der Waals surface area contributed by atoms with Crippen molar-refractivity contribution in [3.05, 3.63) is 347 Å². The molecule has 0 aliphatic heterocycles. The van der Waals surface area contributed by atoms with E-state index in [1.54, 1.807) is 0 Å². The van der Waals surface area contributed by atoms with Gasteiger partial charge in [0, 0.05) is 0 Å². The van der Waals surface area contributed by atoms with Gasteiger partial charge in [0.15, 0.2) is 0 Å². The Morgan fingerprint density at radius 2 is 0.474 bits per heavy atom. The van der Waals surface area contributed by atoms with E-state index in [0.717, 1.165) is 34.4 Å². The van der Waals surface area contributed by atoms with Crippen LogP contribution >= 0.6 is 0 Å². The summed E-state index contributed by atoms with van der Waals surface area (Å²) in [5, 5.41) is 9.41. The fraction of sp³-hybridized carbons (Fsp3) is 0.0571. The summed E-state index contributed by atoms with van der Waals surface area (Å²) in [5.74, 6) is 0.627. The Labute approximate surface area is 412 Å². The smallest absolute Gasteiger partial charge is 0 e. The zero-order valence-electron chi connectivity index (χ0n) is 43.1. The molecular formula is C70H49Rf6-5. The number of rotatable bonds is 1. The van der Waals surface area contributed by atoms with Gasteiger partial charge in [0.2, 0.25) is 0 Å². The van der Waals surface area contributed by atoms with Crippen LogP contribution in [0.2, 0.25) is 0 Å². The van der Waals surface area contributed by atoms with Crippen LogP contribution in [0.25, 0.3) is 43.1 Å². The van der Waals surface area contributed by atoms with E-state index in [1.165, 1.54) is 88.3 Å². The molecule has 0 bridgehead atoms. The molecule has 3 aliphatic carbocycles. The largest absolute Gasteiger partial charge is 0.199 e. The Morgan fingerprint density at radius 3 is 0.776 bits per heavy atom. The van der Waals surface area contributed by atoms with Crippen LogP contribution in [0.15, 0.2) is 249 Å². The molecule has 6 heteroatoms. The minimum atomic E-state index is 0. The first-order valence-corrected chi connectivity index (χ1v) is 24.4. The van der Waals surface area contributed by atoms with Gasteiger partial charge < -0.3 is 0 Å². The third-order valence-corrected chi connectivity index (χ3v) is 14.2. The summed E-state index contributed by atoms with van der Waals surface area (Å²) < 4.78 is 0. The quantitative estimate of drug-likeness (QED) is 0.114. The first kappa shape index (κ1) is 50.8. The Morgan fingerprint density at radius 1 is 0.250 bits per heavy atom. The molecular weight excluding hydrogens is 2440 g/mol. The first-order chi connectivity index (χ1) is 34.7. The van der Waals surface area contributed by atoms with Gasteiger partial charge in [-0.15, -0.1) is 141 Å². The van der Waals surface area contributed by atoms with Gasteiger partial charge in [-0.3, -0.25) is 0 Å². The van der Waals surface area contributed by atoms with Crippen LogP contribution in [0.1, 0.15) is 78.6 Å². The molecule has 15 rings (SSSR count). The van der Waals surface area contributed by atoms with Gasteiger partial charge in [-0.1, -0.05) is 168 Å². The average molecular weight is 2490 g/mol. The van der Waals surface area contributed by atoms with Crippen molar-refractivity contribution in [1.82, 2.24) is 0 Å². The monoisotopic (exact) mass is 2490 g/mol. The maximum absolute atomic E-state index is 3.41. The maximum Gasteiger partial charge on any atom is 0 e. The molecule has 0 aromatic heterocycles. The fourth-order valence-electron chi connectivity index (χ4n) is 10.8. The second kappa shape index (κ2) is 21.6. The predicted molar refractivity (Wildman–Crippen MR) is 292 cm³/mol. The normalized spacial score (nSPS) is 11.8. The molecule has 0 N–H and O–H groups in total. The van der Waals surface area contributed by atoms with Crippen LogP contribution in [-0.4, -0.2) is 0 Å². The van der Waals surface area contributed by atoms with E-state index in [2.05, 4.69) is 243 Å². The van der Waals surface area contributed by atoms with E-state index in [1.807, 2.05) is 36.4 Å². The summed E-state index contributed by atoms with van der Waals surface area (Å²) in [7, 11) is 0. The molecule has 0 unspecified atom stereocenters. The van der Waals surface area contributed by atoms with Crippen molar-refractivity contribution < 1.29 is 0 Å². The third kappa shape index (κ3) is 9.33. The Kier molecular flexibility index (Phi) is 14.4. The second-order valence-electron chi connectivity index (χ2n) is 18.4. The number of hydrogen-bond donors (Lipinski definition) is 0. The molecule has 0 radical (unpaired) electrons. The van der Waals surface area contributed by atoms with Crippen LogP contribution < -0.4 is 0 Å². The molecule has 76 heavy (non-hydrogen) atoms. The van der Waals surface area contributed by atoms with Gasteiger partial charge in [0.05, 0.1) is 0 Å². The average Bonchev–Trinajstić information content (AvgIpc) is 3.46. The Hall–Kier alpha value is -14.6. The summed E-state index contributed by atoms with van der Waals surface area (Å²) in [6.07, 6.45) is 6.89. The molecule has 0 fully saturated rings. The van der Waals surface area contributed by atoms with Gasteiger partial charge in [-0.25, -0.2) is 0 Å². The second-order valence-corrected chi connectivity index (χ2v) is 18.4. The molecule has 12 aromatic rings. The summed E-state index contributed by atoms with van der Waals surface area (Å²) in [6, 6.07) is 98.5. The van der Waals surface area contributed by atoms with E-state index in [4.69, 9.17) is 0 Å². The number of benzene rings is 12. The van der Waals surface area contributed by atoms with Crippen molar-refractivity contribution in [2.75, 3.05) is 0 Å². The minimum absolute atomic E-state index is 0. The molecule has 0 amide bonds. The van der Waals surface area contributed by atoms with E-state index in [-0.39, 0.29) is 0 Å². The Bertz CT molecular complexity index is 3250. The molecule has 0 atom stereocenters. The number of hydrogen-bond acceptors (Lipinski definition) is 0. The summed E-state index contributed by atoms with van der Waals surface area (Å²) >= 11 is 0. The van der Waals surface area contributed by atoms with Gasteiger partial charge in [-0.05, 0) is 46.9 Å². The first-order valence-electron chi connectivity index (χ1n) is 24.4. The van der Waals surface area contributed by atoms with E-state index >= 15 is 0 Å². The van der Waals surface area contributed by atoms with Crippen LogP contribution in [0, 0.1) is 31.0 Å². The van der Waals surface area contributed by atoms with Crippen molar-refractivity contribution >= 4 is 43.1 Å². The zero-order valence-corrected chi connectivity index (χ0v) is 81.5. The molecule has 0 nitrogen and oxygen atoms in total. The molecule has 3 aliphatic rings. The van der Waals surface area contributed by atoms with E-state index in [9.17, 15) is 0 Å². The fourth-order valence-corrected chi connectivity index (χ4v) is 10.8. The zero-order chi connectivity index (χ0) is 46.6. The molecule has 0 saturated heterocycles. The van der Waals surface area contributed by atoms with Crippen molar-refractivity contribution in [3.8, 4) is 0 Å². The van der Waals surface area contributed by atoms with Gasteiger partial charge in [-0.2, -0.15) is 57.9 Å². The van der Waals surface area contributed by atoms with Crippen molar-refractivity contribution in [2.24, 2.45) is 0 Å². The van der Waals surface area contributed by atoms with Crippen molar-refractivity contribution in [3.63, 3.8) is 0 Å². The molecule has 0 saturated carbocycles. The molecule has 0 heterocycles. The Balaban J connectivity index is 0.000000169.